The fraction of sp³-hybridized carbons (Fsp3) is 0.308. The molecule has 0 bridgehead atoms. The summed E-state index contributed by atoms with van der Waals surface area (Å²) in [5.74, 6) is -1.07. The molecule has 1 atom stereocenters. The number of nitriles is 1. The number of hydrogen-bond acceptors (Lipinski definition) is 5. The molecule has 0 saturated carbocycles. The van der Waals surface area contributed by atoms with Gasteiger partial charge in [0.2, 0.25) is 11.7 Å². The van der Waals surface area contributed by atoms with Crippen molar-refractivity contribution in [3.05, 3.63) is 29.7 Å². The molecule has 8 heteroatoms. The Hall–Kier alpha value is -2.56. The van der Waals surface area contributed by atoms with Crippen LogP contribution in [0.4, 0.5) is 13.2 Å². The van der Waals surface area contributed by atoms with Crippen LogP contribution in [0.5, 0.6) is 5.75 Å². The van der Waals surface area contributed by atoms with E-state index in [9.17, 15) is 18.3 Å². The Morgan fingerprint density at radius 1 is 1.43 bits per heavy atom. The molecule has 21 heavy (non-hydrogen) atoms. The number of rotatable bonds is 3. The summed E-state index contributed by atoms with van der Waals surface area (Å²) in [6, 6.07) is 4.92. The van der Waals surface area contributed by atoms with E-state index in [1.54, 1.807) is 6.92 Å². The normalized spacial score (nSPS) is 12.9. The molecular formula is C13H10F3N3O2. The van der Waals surface area contributed by atoms with Crippen LogP contribution in [0.1, 0.15) is 18.4 Å². The monoisotopic (exact) mass is 297 g/mol. The number of phenolic OH excluding ortho intramolecular Hbond substituents is 1. The van der Waals surface area contributed by atoms with Crippen molar-refractivity contribution in [2.24, 2.45) is 5.92 Å². The van der Waals surface area contributed by atoms with E-state index >= 15 is 0 Å². The number of benzene rings is 1. The number of phenols is 1. The van der Waals surface area contributed by atoms with Crippen LogP contribution < -0.4 is 0 Å². The highest BCUT2D eigenvalue weighted by Gasteiger charge is 2.34. The molecule has 0 saturated heterocycles. The van der Waals surface area contributed by atoms with Gasteiger partial charge in [-0.2, -0.15) is 23.4 Å². The first kappa shape index (κ1) is 14.8. The first-order valence-corrected chi connectivity index (χ1v) is 5.94. The van der Waals surface area contributed by atoms with Crippen LogP contribution in [0.25, 0.3) is 11.4 Å². The van der Waals surface area contributed by atoms with Crippen LogP contribution in [-0.2, 0) is 12.6 Å². The predicted molar refractivity (Wildman–Crippen MR) is 64.9 cm³/mol. The van der Waals surface area contributed by atoms with Gasteiger partial charge in [0.1, 0.15) is 5.75 Å². The molecule has 0 aliphatic rings. The zero-order valence-corrected chi connectivity index (χ0v) is 10.8. The van der Waals surface area contributed by atoms with Gasteiger partial charge >= 0.3 is 6.18 Å². The van der Waals surface area contributed by atoms with Crippen LogP contribution in [-0.4, -0.2) is 15.2 Å². The number of aromatic hydroxyl groups is 1. The van der Waals surface area contributed by atoms with E-state index < -0.39 is 17.5 Å². The van der Waals surface area contributed by atoms with Crippen molar-refractivity contribution in [3.63, 3.8) is 0 Å². The summed E-state index contributed by atoms with van der Waals surface area (Å²) in [6.07, 6.45) is -4.46. The first-order chi connectivity index (χ1) is 9.81. The van der Waals surface area contributed by atoms with E-state index in [1.165, 1.54) is 6.07 Å². The van der Waals surface area contributed by atoms with Crippen molar-refractivity contribution in [1.82, 2.24) is 10.1 Å². The van der Waals surface area contributed by atoms with Gasteiger partial charge in [-0.15, -0.1) is 0 Å². The van der Waals surface area contributed by atoms with Crippen LogP contribution in [0.2, 0.25) is 0 Å². The van der Waals surface area contributed by atoms with Crippen molar-refractivity contribution < 1.29 is 22.8 Å². The van der Waals surface area contributed by atoms with Crippen LogP contribution in [0, 0.1) is 17.2 Å². The molecule has 0 radical (unpaired) electrons. The summed E-state index contributed by atoms with van der Waals surface area (Å²) in [6.45, 7) is 1.66. The van der Waals surface area contributed by atoms with Crippen molar-refractivity contribution in [1.29, 1.82) is 5.26 Å². The molecule has 1 heterocycles. The van der Waals surface area contributed by atoms with Gasteiger partial charge < -0.3 is 9.63 Å². The fourth-order valence-electron chi connectivity index (χ4n) is 1.66. The van der Waals surface area contributed by atoms with Gasteiger partial charge in [-0.1, -0.05) is 5.16 Å². The zero-order valence-electron chi connectivity index (χ0n) is 10.8. The summed E-state index contributed by atoms with van der Waals surface area (Å²) in [5, 5.41) is 21.5. The number of alkyl halides is 3. The van der Waals surface area contributed by atoms with Gasteiger partial charge in [0.15, 0.2) is 0 Å². The molecule has 110 valence electrons. The third-order valence-corrected chi connectivity index (χ3v) is 2.73. The van der Waals surface area contributed by atoms with E-state index in [0.717, 1.165) is 12.1 Å². The van der Waals surface area contributed by atoms with Gasteiger partial charge in [0.25, 0.3) is 0 Å². The Balaban J connectivity index is 2.33. The van der Waals surface area contributed by atoms with E-state index in [4.69, 9.17) is 9.78 Å². The molecule has 1 unspecified atom stereocenters. The molecular weight excluding hydrogens is 287 g/mol. The second-order valence-electron chi connectivity index (χ2n) is 4.48. The molecule has 0 aliphatic heterocycles. The zero-order chi connectivity index (χ0) is 15.6. The Morgan fingerprint density at radius 2 is 2.14 bits per heavy atom. The molecule has 0 spiro atoms. The average Bonchev–Trinajstić information content (AvgIpc) is 2.86. The lowest BCUT2D eigenvalue weighted by atomic mass is 10.1. The SMILES string of the molecule is CC(C#N)Cc1nc(-c2ccc(O)c(C(F)(F)F)c2)no1. The number of aromatic nitrogens is 2. The van der Waals surface area contributed by atoms with Crippen LogP contribution >= 0.6 is 0 Å². The third kappa shape index (κ3) is 3.31. The van der Waals surface area contributed by atoms with E-state index in [2.05, 4.69) is 10.1 Å². The number of hydrogen-bond donors (Lipinski definition) is 1. The van der Waals surface area contributed by atoms with Crippen LogP contribution in [0.15, 0.2) is 22.7 Å². The Bertz CT molecular complexity index is 689. The van der Waals surface area contributed by atoms with Crippen molar-refractivity contribution in [2.45, 2.75) is 19.5 Å². The molecule has 1 aromatic heterocycles. The highest BCUT2D eigenvalue weighted by molar-refractivity contribution is 5.58. The summed E-state index contributed by atoms with van der Waals surface area (Å²) in [7, 11) is 0. The lowest BCUT2D eigenvalue weighted by Crippen LogP contribution is -2.05. The van der Waals surface area contributed by atoms with E-state index in [0.29, 0.717) is 0 Å². The summed E-state index contributed by atoms with van der Waals surface area (Å²) in [5.41, 5.74) is -1.10. The second kappa shape index (κ2) is 5.44. The maximum atomic E-state index is 12.7. The van der Waals surface area contributed by atoms with Gasteiger partial charge in [0, 0.05) is 12.0 Å². The fourth-order valence-corrected chi connectivity index (χ4v) is 1.66. The molecule has 2 aromatic rings. The summed E-state index contributed by atoms with van der Waals surface area (Å²) < 4.78 is 43.0. The average molecular weight is 297 g/mol. The molecule has 1 aromatic carbocycles. The molecule has 0 amide bonds. The smallest absolute Gasteiger partial charge is 0.419 e. The van der Waals surface area contributed by atoms with Crippen molar-refractivity contribution in [3.8, 4) is 23.2 Å². The minimum absolute atomic E-state index is 0.0272. The minimum Gasteiger partial charge on any atom is -0.507 e. The second-order valence-corrected chi connectivity index (χ2v) is 4.48. The molecule has 5 nitrogen and oxygen atoms in total. The van der Waals surface area contributed by atoms with Crippen molar-refractivity contribution >= 4 is 0 Å². The van der Waals surface area contributed by atoms with E-state index in [1.807, 2.05) is 6.07 Å². The Labute approximate surface area is 117 Å². The number of nitrogens with zero attached hydrogens (tertiary/aromatic N) is 3. The van der Waals surface area contributed by atoms with Gasteiger partial charge in [0.05, 0.1) is 17.6 Å². The lowest BCUT2D eigenvalue weighted by Gasteiger charge is -2.09. The summed E-state index contributed by atoms with van der Waals surface area (Å²) in [4.78, 5) is 3.94. The molecule has 2 rings (SSSR count). The van der Waals surface area contributed by atoms with Crippen molar-refractivity contribution in [2.75, 3.05) is 0 Å². The standard InChI is InChI=1S/C13H10F3N3O2/c1-7(6-17)4-11-18-12(19-21-11)8-2-3-10(20)9(5-8)13(14,15)16/h2-3,5,7,20H,4H2,1H3. The van der Waals surface area contributed by atoms with Gasteiger partial charge in [-0.05, 0) is 25.1 Å². The number of halogens is 3. The Kier molecular flexibility index (Phi) is 3.84. The highest BCUT2D eigenvalue weighted by atomic mass is 19.4. The predicted octanol–water partition coefficient (Wildman–Crippen LogP) is 3.16. The maximum absolute atomic E-state index is 12.7. The Morgan fingerprint density at radius 3 is 2.76 bits per heavy atom. The van der Waals surface area contributed by atoms with Gasteiger partial charge in [-0.25, -0.2) is 0 Å². The highest BCUT2D eigenvalue weighted by Crippen LogP contribution is 2.37. The first-order valence-electron chi connectivity index (χ1n) is 5.94. The molecule has 0 fully saturated rings. The topological polar surface area (TPSA) is 82.9 Å². The quantitative estimate of drug-likeness (QED) is 0.940. The molecule has 0 aliphatic carbocycles. The largest absolute Gasteiger partial charge is 0.507 e. The van der Waals surface area contributed by atoms with E-state index in [-0.39, 0.29) is 29.6 Å². The minimum atomic E-state index is -4.68. The maximum Gasteiger partial charge on any atom is 0.419 e. The van der Waals surface area contributed by atoms with Gasteiger partial charge in [-0.3, -0.25) is 0 Å². The third-order valence-electron chi connectivity index (χ3n) is 2.73. The lowest BCUT2D eigenvalue weighted by molar-refractivity contribution is -0.138. The summed E-state index contributed by atoms with van der Waals surface area (Å²) >= 11 is 0. The molecule has 1 N–H and O–H groups in total. The van der Waals surface area contributed by atoms with Crippen LogP contribution in [0.3, 0.4) is 0 Å².